The Morgan fingerprint density at radius 1 is 1.06 bits per heavy atom. The predicted octanol–water partition coefficient (Wildman–Crippen LogP) is 5.14. The van der Waals surface area contributed by atoms with E-state index in [1.807, 2.05) is 6.07 Å². The zero-order chi connectivity index (χ0) is 23.0. The number of aliphatic imine (C=N–C) groups is 1. The first-order valence-electron chi connectivity index (χ1n) is 10.1. The monoisotopic (exact) mass is 438 g/mol. The zero-order valence-electron chi connectivity index (χ0n) is 17.6. The maximum absolute atomic E-state index is 15.5. The van der Waals surface area contributed by atoms with Crippen LogP contribution >= 0.6 is 0 Å². The van der Waals surface area contributed by atoms with Crippen molar-refractivity contribution in [3.63, 3.8) is 0 Å². The van der Waals surface area contributed by atoms with Crippen LogP contribution in [0.25, 0.3) is 22.3 Å². The van der Waals surface area contributed by atoms with Gasteiger partial charge >= 0.3 is 5.97 Å². The zero-order valence-corrected chi connectivity index (χ0v) is 17.6. The third-order valence-corrected chi connectivity index (χ3v) is 5.68. The van der Waals surface area contributed by atoms with Gasteiger partial charge < -0.3 is 10.4 Å². The van der Waals surface area contributed by atoms with Crippen molar-refractivity contribution in [2.75, 3.05) is 13.6 Å². The summed E-state index contributed by atoms with van der Waals surface area (Å²) in [5.74, 6) is -4.67. The molecule has 0 fully saturated rings. The number of benzene rings is 3. The predicted molar refractivity (Wildman–Crippen MR) is 118 cm³/mol. The minimum Gasteiger partial charge on any atom is -0.478 e. The molecule has 0 spiro atoms. The molecule has 0 aliphatic carbocycles. The lowest BCUT2D eigenvalue weighted by atomic mass is 9.89. The number of fused-ring (bicyclic) bond motifs is 1. The number of carbonyl (C=O) groups is 1. The van der Waals surface area contributed by atoms with E-state index >= 15 is 13.2 Å². The van der Waals surface area contributed by atoms with E-state index in [-0.39, 0.29) is 22.3 Å². The second-order valence-corrected chi connectivity index (χ2v) is 7.73. The summed E-state index contributed by atoms with van der Waals surface area (Å²) >= 11 is 0. The van der Waals surface area contributed by atoms with Gasteiger partial charge in [-0.1, -0.05) is 18.2 Å². The van der Waals surface area contributed by atoms with Crippen LogP contribution in [-0.2, 0) is 13.0 Å². The van der Waals surface area contributed by atoms with E-state index in [0.717, 1.165) is 5.56 Å². The molecule has 1 heterocycles. The van der Waals surface area contributed by atoms with Gasteiger partial charge in [-0.05, 0) is 72.0 Å². The van der Waals surface area contributed by atoms with Crippen molar-refractivity contribution >= 4 is 12.2 Å². The standard InChI is InChI=1S/C25H21F3N2O2/c1-13-20(15-5-3-4-14(8-15)11-29-2)23(27)24(28)21(22(13)26)16-9-17-12-30-7-6-18(17)19(10-16)25(31)32/h3-5,8-10,12,29H,6-7,11H2,1-2H3,(H,31,32). The minimum absolute atomic E-state index is 0.0398. The number of aromatic carboxylic acids is 1. The number of nitrogens with one attached hydrogen (secondary N) is 1. The SMILES string of the molecule is CNCc1cccc(-c2c(C)c(F)c(-c3cc4c(c(C(=O)O)c3)CCN=C4)c(F)c2F)c1. The van der Waals surface area contributed by atoms with E-state index < -0.39 is 29.0 Å². The molecule has 3 aromatic rings. The summed E-state index contributed by atoms with van der Waals surface area (Å²) in [6.45, 7) is 2.34. The summed E-state index contributed by atoms with van der Waals surface area (Å²) in [6, 6.07) is 9.47. The highest BCUT2D eigenvalue weighted by atomic mass is 19.2. The first kappa shape index (κ1) is 21.8. The van der Waals surface area contributed by atoms with Crippen LogP contribution in [0, 0.1) is 24.4 Å². The first-order chi connectivity index (χ1) is 15.3. The summed E-state index contributed by atoms with van der Waals surface area (Å²) in [7, 11) is 1.77. The van der Waals surface area contributed by atoms with Crippen molar-refractivity contribution in [1.29, 1.82) is 0 Å². The molecule has 0 bridgehead atoms. The van der Waals surface area contributed by atoms with Gasteiger partial charge in [0, 0.05) is 24.9 Å². The Kier molecular flexibility index (Phi) is 5.84. The first-order valence-corrected chi connectivity index (χ1v) is 10.1. The molecule has 0 saturated heterocycles. The molecule has 32 heavy (non-hydrogen) atoms. The van der Waals surface area contributed by atoms with Gasteiger partial charge in [0.1, 0.15) is 5.82 Å². The Bertz CT molecular complexity index is 1240. The fraction of sp³-hybridized carbons (Fsp3) is 0.200. The van der Waals surface area contributed by atoms with Crippen molar-refractivity contribution in [1.82, 2.24) is 5.32 Å². The summed E-state index contributed by atoms with van der Waals surface area (Å²) in [6.07, 6.45) is 1.89. The minimum atomic E-state index is -1.36. The Morgan fingerprint density at radius 3 is 2.53 bits per heavy atom. The van der Waals surface area contributed by atoms with Gasteiger partial charge in [-0.2, -0.15) is 0 Å². The maximum atomic E-state index is 15.5. The fourth-order valence-corrected chi connectivity index (χ4v) is 4.18. The molecule has 4 nitrogen and oxygen atoms in total. The molecule has 164 valence electrons. The molecule has 1 aliphatic heterocycles. The molecule has 0 radical (unpaired) electrons. The van der Waals surface area contributed by atoms with Crippen LogP contribution in [0.3, 0.4) is 0 Å². The van der Waals surface area contributed by atoms with Crippen LogP contribution in [-0.4, -0.2) is 30.9 Å². The van der Waals surface area contributed by atoms with E-state index in [9.17, 15) is 9.90 Å². The van der Waals surface area contributed by atoms with Crippen LogP contribution in [0.2, 0.25) is 0 Å². The van der Waals surface area contributed by atoms with Crippen molar-refractivity contribution < 1.29 is 23.1 Å². The molecule has 4 rings (SSSR count). The molecule has 1 aliphatic rings. The molecule has 0 saturated carbocycles. The smallest absolute Gasteiger partial charge is 0.336 e. The number of carboxylic acids is 1. The number of rotatable bonds is 5. The number of hydrogen-bond acceptors (Lipinski definition) is 3. The van der Waals surface area contributed by atoms with Gasteiger partial charge in [0.15, 0.2) is 11.6 Å². The molecular formula is C25H21F3N2O2. The summed E-state index contributed by atoms with van der Waals surface area (Å²) < 4.78 is 46.1. The van der Waals surface area contributed by atoms with E-state index in [0.29, 0.717) is 36.2 Å². The second-order valence-electron chi connectivity index (χ2n) is 7.73. The lowest BCUT2D eigenvalue weighted by Gasteiger charge is -2.18. The number of nitrogens with zero attached hydrogens (tertiary/aromatic N) is 1. The highest BCUT2D eigenvalue weighted by Crippen LogP contribution is 2.39. The van der Waals surface area contributed by atoms with Crippen LogP contribution in [0.4, 0.5) is 13.2 Å². The van der Waals surface area contributed by atoms with E-state index in [1.54, 1.807) is 25.2 Å². The van der Waals surface area contributed by atoms with Gasteiger partial charge in [-0.25, -0.2) is 18.0 Å². The Morgan fingerprint density at radius 2 is 1.81 bits per heavy atom. The summed E-state index contributed by atoms with van der Waals surface area (Å²) in [5, 5.41) is 12.6. The quantitative estimate of drug-likeness (QED) is 0.543. The summed E-state index contributed by atoms with van der Waals surface area (Å²) in [4.78, 5) is 15.9. The topological polar surface area (TPSA) is 61.7 Å². The van der Waals surface area contributed by atoms with Crippen LogP contribution in [0.5, 0.6) is 0 Å². The average Bonchev–Trinajstić information content (AvgIpc) is 2.78. The molecule has 0 atom stereocenters. The molecule has 7 heteroatoms. The van der Waals surface area contributed by atoms with E-state index in [2.05, 4.69) is 10.3 Å². The van der Waals surface area contributed by atoms with Crippen LogP contribution < -0.4 is 5.32 Å². The van der Waals surface area contributed by atoms with Gasteiger partial charge in [-0.3, -0.25) is 4.99 Å². The van der Waals surface area contributed by atoms with E-state index in [1.165, 1.54) is 25.3 Å². The highest BCUT2D eigenvalue weighted by Gasteiger charge is 2.27. The van der Waals surface area contributed by atoms with E-state index in [4.69, 9.17) is 0 Å². The number of halogens is 3. The average molecular weight is 438 g/mol. The fourth-order valence-electron chi connectivity index (χ4n) is 4.18. The van der Waals surface area contributed by atoms with Crippen LogP contribution in [0.1, 0.15) is 32.6 Å². The second kappa shape index (κ2) is 8.59. The lowest BCUT2D eigenvalue weighted by molar-refractivity contribution is 0.0695. The molecule has 2 N–H and O–H groups in total. The Balaban J connectivity index is 1.94. The van der Waals surface area contributed by atoms with Gasteiger partial charge in [0.05, 0.1) is 11.1 Å². The van der Waals surface area contributed by atoms with Gasteiger partial charge in [-0.15, -0.1) is 0 Å². The normalized spacial score (nSPS) is 12.7. The van der Waals surface area contributed by atoms with Crippen molar-refractivity contribution in [2.45, 2.75) is 19.9 Å². The Hall–Kier alpha value is -3.45. The van der Waals surface area contributed by atoms with Gasteiger partial charge in [0.25, 0.3) is 0 Å². The van der Waals surface area contributed by atoms with Crippen molar-refractivity contribution in [3.8, 4) is 22.3 Å². The largest absolute Gasteiger partial charge is 0.478 e. The van der Waals surface area contributed by atoms with Crippen molar-refractivity contribution in [3.05, 3.63) is 81.7 Å². The maximum Gasteiger partial charge on any atom is 0.336 e. The van der Waals surface area contributed by atoms with Crippen LogP contribution in [0.15, 0.2) is 41.4 Å². The molecular weight excluding hydrogens is 417 g/mol. The number of carboxylic acid groups (broad SMARTS) is 1. The summed E-state index contributed by atoms with van der Waals surface area (Å²) in [5.41, 5.74) is 1.32. The van der Waals surface area contributed by atoms with Gasteiger partial charge in [0.2, 0.25) is 0 Å². The van der Waals surface area contributed by atoms with Crippen molar-refractivity contribution in [2.24, 2.45) is 4.99 Å². The highest BCUT2D eigenvalue weighted by molar-refractivity contribution is 5.97. The molecule has 0 amide bonds. The third-order valence-electron chi connectivity index (χ3n) is 5.68. The lowest BCUT2D eigenvalue weighted by Crippen LogP contribution is -2.12. The Labute approximate surface area is 183 Å². The number of hydrogen-bond donors (Lipinski definition) is 2. The third kappa shape index (κ3) is 3.69. The molecule has 3 aromatic carbocycles. The molecule has 0 aromatic heterocycles. The molecule has 0 unspecified atom stereocenters.